The maximum atomic E-state index is 12.1. The number of nitrogens with zero attached hydrogens (tertiary/aromatic N) is 2. The van der Waals surface area contributed by atoms with E-state index in [9.17, 15) is 9.59 Å². The van der Waals surface area contributed by atoms with Crippen molar-refractivity contribution in [2.24, 2.45) is 0 Å². The third kappa shape index (κ3) is 4.41. The summed E-state index contributed by atoms with van der Waals surface area (Å²) in [5, 5.41) is 13.7. The highest BCUT2D eigenvalue weighted by molar-refractivity contribution is 7.08. The lowest BCUT2D eigenvalue weighted by Gasteiger charge is -2.22. The van der Waals surface area contributed by atoms with Gasteiger partial charge in [-0.1, -0.05) is 19.3 Å². The van der Waals surface area contributed by atoms with Gasteiger partial charge in [-0.15, -0.1) is 0 Å². The van der Waals surface area contributed by atoms with Crippen molar-refractivity contribution >= 4 is 28.8 Å². The lowest BCUT2D eigenvalue weighted by Crippen LogP contribution is -2.38. The summed E-state index contributed by atoms with van der Waals surface area (Å²) in [6.07, 6.45) is 8.81. The molecule has 2 aromatic heterocycles. The molecule has 0 bridgehead atoms. The molecule has 2 heterocycles. The zero-order valence-electron chi connectivity index (χ0n) is 12.8. The fourth-order valence-electron chi connectivity index (χ4n) is 2.77. The van der Waals surface area contributed by atoms with E-state index in [0.29, 0.717) is 5.56 Å². The van der Waals surface area contributed by atoms with E-state index in [-0.39, 0.29) is 24.4 Å². The summed E-state index contributed by atoms with van der Waals surface area (Å²) in [4.78, 5) is 24.1. The van der Waals surface area contributed by atoms with Crippen molar-refractivity contribution in [3.05, 3.63) is 34.8 Å². The summed E-state index contributed by atoms with van der Waals surface area (Å²) < 4.78 is 1.50. The fourth-order valence-corrected chi connectivity index (χ4v) is 3.36. The summed E-state index contributed by atoms with van der Waals surface area (Å²) in [6, 6.07) is 2.12. The molecule has 1 aliphatic rings. The number of hydrogen-bond donors (Lipinski definition) is 2. The predicted molar refractivity (Wildman–Crippen MR) is 89.5 cm³/mol. The Bertz CT molecular complexity index is 659. The van der Waals surface area contributed by atoms with E-state index in [0.717, 1.165) is 18.5 Å². The van der Waals surface area contributed by atoms with Crippen LogP contribution >= 0.6 is 11.3 Å². The maximum absolute atomic E-state index is 12.1. The molecule has 2 N–H and O–H groups in total. The minimum absolute atomic E-state index is 0.0511. The molecule has 7 heteroatoms. The van der Waals surface area contributed by atoms with E-state index in [1.165, 1.54) is 41.5 Å². The van der Waals surface area contributed by atoms with Gasteiger partial charge in [0, 0.05) is 17.6 Å². The number of rotatable bonds is 5. The van der Waals surface area contributed by atoms with Crippen molar-refractivity contribution in [1.29, 1.82) is 0 Å². The number of thiophene rings is 1. The van der Waals surface area contributed by atoms with Gasteiger partial charge in [0.15, 0.2) is 0 Å². The SMILES string of the molecule is O=C(Cn1cc(C(=O)Nc2ccsc2)cn1)NC1CCCCC1. The second-order valence-electron chi connectivity index (χ2n) is 5.80. The topological polar surface area (TPSA) is 76.0 Å². The Kier molecular flexibility index (Phi) is 5.07. The van der Waals surface area contributed by atoms with Gasteiger partial charge in [-0.2, -0.15) is 16.4 Å². The first kappa shape index (κ1) is 15.7. The zero-order valence-corrected chi connectivity index (χ0v) is 13.6. The van der Waals surface area contributed by atoms with Crippen molar-refractivity contribution in [3.8, 4) is 0 Å². The molecule has 6 nitrogen and oxygen atoms in total. The van der Waals surface area contributed by atoms with Gasteiger partial charge in [0.2, 0.25) is 5.91 Å². The average molecular weight is 332 g/mol. The Hall–Kier alpha value is -2.15. The lowest BCUT2D eigenvalue weighted by atomic mass is 9.95. The second-order valence-corrected chi connectivity index (χ2v) is 6.58. The van der Waals surface area contributed by atoms with E-state index in [2.05, 4.69) is 15.7 Å². The molecule has 3 rings (SSSR count). The third-order valence-electron chi connectivity index (χ3n) is 3.95. The van der Waals surface area contributed by atoms with Crippen molar-refractivity contribution in [1.82, 2.24) is 15.1 Å². The number of amides is 2. The maximum Gasteiger partial charge on any atom is 0.258 e. The highest BCUT2D eigenvalue weighted by atomic mass is 32.1. The molecule has 122 valence electrons. The van der Waals surface area contributed by atoms with Crippen molar-refractivity contribution in [3.63, 3.8) is 0 Å². The molecule has 1 fully saturated rings. The summed E-state index contributed by atoms with van der Waals surface area (Å²) in [5.74, 6) is -0.271. The zero-order chi connectivity index (χ0) is 16.1. The number of aromatic nitrogens is 2. The first-order valence-corrected chi connectivity index (χ1v) is 8.80. The van der Waals surface area contributed by atoms with Crippen molar-refractivity contribution < 1.29 is 9.59 Å². The quantitative estimate of drug-likeness (QED) is 0.884. The number of nitrogens with one attached hydrogen (secondary N) is 2. The summed E-state index contributed by atoms with van der Waals surface area (Å²) in [7, 11) is 0. The van der Waals surface area contributed by atoms with E-state index in [1.807, 2.05) is 16.8 Å². The first-order valence-electron chi connectivity index (χ1n) is 7.86. The molecule has 0 atom stereocenters. The minimum atomic E-state index is -0.220. The molecule has 1 saturated carbocycles. The van der Waals surface area contributed by atoms with Crippen LogP contribution in [0.25, 0.3) is 0 Å². The molecule has 0 spiro atoms. The Balaban J connectivity index is 1.52. The van der Waals surface area contributed by atoms with Gasteiger partial charge in [0.05, 0.1) is 17.4 Å². The lowest BCUT2D eigenvalue weighted by molar-refractivity contribution is -0.122. The number of hydrogen-bond acceptors (Lipinski definition) is 4. The largest absolute Gasteiger partial charge is 0.352 e. The van der Waals surface area contributed by atoms with Gasteiger partial charge in [-0.25, -0.2) is 0 Å². The molecule has 0 radical (unpaired) electrons. The first-order chi connectivity index (χ1) is 11.2. The van der Waals surface area contributed by atoms with E-state index >= 15 is 0 Å². The monoisotopic (exact) mass is 332 g/mol. The second kappa shape index (κ2) is 7.41. The van der Waals surface area contributed by atoms with Crippen molar-refractivity contribution in [2.75, 3.05) is 5.32 Å². The Morgan fingerprint density at radius 3 is 2.87 bits per heavy atom. The van der Waals surface area contributed by atoms with Crippen LogP contribution in [0.1, 0.15) is 42.5 Å². The smallest absolute Gasteiger partial charge is 0.258 e. The molecule has 0 saturated heterocycles. The molecule has 2 aromatic rings. The predicted octanol–water partition coefficient (Wildman–Crippen LogP) is 2.65. The van der Waals surface area contributed by atoms with E-state index in [4.69, 9.17) is 0 Å². The summed E-state index contributed by atoms with van der Waals surface area (Å²) in [5.41, 5.74) is 1.21. The van der Waals surface area contributed by atoms with Gasteiger partial charge in [-0.05, 0) is 24.3 Å². The van der Waals surface area contributed by atoms with Gasteiger partial charge >= 0.3 is 0 Å². The molecule has 2 amide bonds. The fraction of sp³-hybridized carbons (Fsp3) is 0.438. The Morgan fingerprint density at radius 2 is 2.13 bits per heavy atom. The molecule has 0 aromatic carbocycles. The summed E-state index contributed by atoms with van der Waals surface area (Å²) >= 11 is 1.52. The highest BCUT2D eigenvalue weighted by Gasteiger charge is 2.16. The van der Waals surface area contributed by atoms with Crippen LogP contribution < -0.4 is 10.6 Å². The summed E-state index contributed by atoms with van der Waals surface area (Å²) in [6.45, 7) is 0.141. The molecule has 1 aliphatic carbocycles. The van der Waals surface area contributed by atoms with E-state index in [1.54, 1.807) is 6.20 Å². The molecule has 0 aliphatic heterocycles. The van der Waals surface area contributed by atoms with Crippen LogP contribution in [0.15, 0.2) is 29.2 Å². The van der Waals surface area contributed by atoms with Gasteiger partial charge in [0.1, 0.15) is 6.54 Å². The van der Waals surface area contributed by atoms with Crippen molar-refractivity contribution in [2.45, 2.75) is 44.7 Å². The van der Waals surface area contributed by atoms with Crippen LogP contribution in [0, 0.1) is 0 Å². The molecule has 0 unspecified atom stereocenters. The van der Waals surface area contributed by atoms with Gasteiger partial charge in [-0.3, -0.25) is 14.3 Å². The van der Waals surface area contributed by atoms with Crippen LogP contribution in [0.5, 0.6) is 0 Å². The normalized spacial score (nSPS) is 15.3. The van der Waals surface area contributed by atoms with Gasteiger partial charge < -0.3 is 10.6 Å². The third-order valence-corrected chi connectivity index (χ3v) is 4.63. The standard InChI is InChI=1S/C16H20N4O2S/c21-15(18-13-4-2-1-3-5-13)10-20-9-12(8-17-20)16(22)19-14-6-7-23-11-14/h6-9,11,13H,1-5,10H2,(H,18,21)(H,19,22). The average Bonchev–Trinajstić information content (AvgIpc) is 3.20. The molecular formula is C16H20N4O2S. The molecular weight excluding hydrogens is 312 g/mol. The van der Waals surface area contributed by atoms with Crippen LogP contribution in [0.3, 0.4) is 0 Å². The van der Waals surface area contributed by atoms with Crippen LogP contribution in [-0.2, 0) is 11.3 Å². The van der Waals surface area contributed by atoms with Crippen LogP contribution in [-0.4, -0.2) is 27.6 Å². The number of anilines is 1. The molecule has 23 heavy (non-hydrogen) atoms. The van der Waals surface area contributed by atoms with Crippen LogP contribution in [0.2, 0.25) is 0 Å². The van der Waals surface area contributed by atoms with Crippen LogP contribution in [0.4, 0.5) is 5.69 Å². The van der Waals surface area contributed by atoms with Gasteiger partial charge in [0.25, 0.3) is 5.91 Å². The highest BCUT2D eigenvalue weighted by Crippen LogP contribution is 2.17. The Labute approximate surface area is 138 Å². The number of carbonyl (C=O) groups is 2. The minimum Gasteiger partial charge on any atom is -0.352 e. The van der Waals surface area contributed by atoms with E-state index < -0.39 is 0 Å². The number of carbonyl (C=O) groups excluding carboxylic acids is 2. The Morgan fingerprint density at radius 1 is 1.30 bits per heavy atom.